The van der Waals surface area contributed by atoms with E-state index >= 15 is 0 Å². The van der Waals surface area contributed by atoms with Crippen molar-refractivity contribution in [1.29, 1.82) is 0 Å². The van der Waals surface area contributed by atoms with Crippen LogP contribution < -0.4 is 10.5 Å². The van der Waals surface area contributed by atoms with Crippen molar-refractivity contribution in [3.63, 3.8) is 0 Å². The first-order valence-electron chi connectivity index (χ1n) is 6.64. The number of benzene rings is 2. The first-order chi connectivity index (χ1) is 9.65. The number of hydrogen-bond acceptors (Lipinski definition) is 2. The number of anilines is 1. The van der Waals surface area contributed by atoms with E-state index in [9.17, 15) is 4.39 Å². The SMILES string of the molecule is Nc1cc(Cl)c(F)cc1OC1CCCc2ccccc21. The fraction of sp³-hybridized carbons (Fsp3) is 0.250. The number of halogens is 2. The molecule has 1 aliphatic carbocycles. The average molecular weight is 292 g/mol. The van der Waals surface area contributed by atoms with E-state index in [4.69, 9.17) is 22.1 Å². The normalized spacial score (nSPS) is 17.6. The topological polar surface area (TPSA) is 35.2 Å². The number of aryl methyl sites for hydroxylation is 1. The molecule has 0 spiro atoms. The van der Waals surface area contributed by atoms with E-state index in [1.54, 1.807) is 0 Å². The van der Waals surface area contributed by atoms with Crippen LogP contribution in [-0.2, 0) is 6.42 Å². The Balaban J connectivity index is 1.91. The largest absolute Gasteiger partial charge is 0.483 e. The molecule has 0 aromatic heterocycles. The Morgan fingerprint density at radius 1 is 1.25 bits per heavy atom. The predicted molar refractivity (Wildman–Crippen MR) is 78.6 cm³/mol. The van der Waals surface area contributed by atoms with Crippen LogP contribution in [0.2, 0.25) is 5.02 Å². The molecule has 2 N–H and O–H groups in total. The van der Waals surface area contributed by atoms with Crippen LogP contribution in [0.5, 0.6) is 5.75 Å². The minimum absolute atomic E-state index is 0.0129. The summed E-state index contributed by atoms with van der Waals surface area (Å²) < 4.78 is 19.5. The van der Waals surface area contributed by atoms with Crippen molar-refractivity contribution in [2.45, 2.75) is 25.4 Å². The van der Waals surface area contributed by atoms with Gasteiger partial charge in [0.1, 0.15) is 17.7 Å². The summed E-state index contributed by atoms with van der Waals surface area (Å²) >= 11 is 5.70. The second-order valence-corrected chi connectivity index (χ2v) is 5.41. The molecule has 1 atom stereocenters. The number of hydrogen-bond donors (Lipinski definition) is 1. The maximum atomic E-state index is 13.5. The molecule has 0 radical (unpaired) electrons. The highest BCUT2D eigenvalue weighted by Gasteiger charge is 2.22. The average Bonchev–Trinajstić information content (AvgIpc) is 2.45. The lowest BCUT2D eigenvalue weighted by atomic mass is 9.89. The third kappa shape index (κ3) is 2.46. The molecule has 0 saturated heterocycles. The van der Waals surface area contributed by atoms with Crippen LogP contribution in [0, 0.1) is 5.82 Å². The zero-order valence-corrected chi connectivity index (χ0v) is 11.7. The van der Waals surface area contributed by atoms with Gasteiger partial charge in [0.05, 0.1) is 10.7 Å². The maximum Gasteiger partial charge on any atom is 0.146 e. The van der Waals surface area contributed by atoms with E-state index in [0.717, 1.165) is 24.8 Å². The predicted octanol–water partition coefficient (Wildman–Crippen LogP) is 4.52. The Labute approximate surface area is 122 Å². The number of fused-ring (bicyclic) bond motifs is 1. The van der Waals surface area contributed by atoms with Gasteiger partial charge in [0.15, 0.2) is 0 Å². The molecule has 4 heteroatoms. The van der Waals surface area contributed by atoms with E-state index in [0.29, 0.717) is 11.4 Å². The molecule has 1 aliphatic rings. The summed E-state index contributed by atoms with van der Waals surface area (Å²) in [4.78, 5) is 0. The fourth-order valence-electron chi connectivity index (χ4n) is 2.63. The summed E-state index contributed by atoms with van der Waals surface area (Å²) in [6.45, 7) is 0. The molecule has 1 unspecified atom stereocenters. The molecule has 104 valence electrons. The van der Waals surface area contributed by atoms with Crippen LogP contribution in [0.15, 0.2) is 36.4 Å². The zero-order valence-electron chi connectivity index (χ0n) is 10.9. The highest BCUT2D eigenvalue weighted by molar-refractivity contribution is 6.31. The van der Waals surface area contributed by atoms with Gasteiger partial charge in [-0.25, -0.2) is 4.39 Å². The molecule has 3 rings (SSSR count). The van der Waals surface area contributed by atoms with Gasteiger partial charge in [0, 0.05) is 6.07 Å². The zero-order chi connectivity index (χ0) is 14.1. The first-order valence-corrected chi connectivity index (χ1v) is 7.02. The first kappa shape index (κ1) is 13.3. The highest BCUT2D eigenvalue weighted by Crippen LogP contribution is 2.36. The summed E-state index contributed by atoms with van der Waals surface area (Å²) in [5.74, 6) is -0.159. The van der Waals surface area contributed by atoms with Gasteiger partial charge in [0.2, 0.25) is 0 Å². The second kappa shape index (κ2) is 5.33. The second-order valence-electron chi connectivity index (χ2n) is 5.00. The molecule has 0 amide bonds. The minimum Gasteiger partial charge on any atom is -0.483 e. The van der Waals surface area contributed by atoms with Crippen molar-refractivity contribution in [2.24, 2.45) is 0 Å². The van der Waals surface area contributed by atoms with E-state index in [1.165, 1.54) is 17.7 Å². The van der Waals surface area contributed by atoms with Crippen LogP contribution in [-0.4, -0.2) is 0 Å². The van der Waals surface area contributed by atoms with Crippen LogP contribution in [0.1, 0.15) is 30.1 Å². The summed E-state index contributed by atoms with van der Waals surface area (Å²) in [5.41, 5.74) is 8.66. The molecule has 0 saturated carbocycles. The summed E-state index contributed by atoms with van der Waals surface area (Å²) in [5, 5.41) is 0.0129. The minimum atomic E-state index is -0.514. The van der Waals surface area contributed by atoms with Gasteiger partial charge in [-0.3, -0.25) is 0 Å². The van der Waals surface area contributed by atoms with Crippen molar-refractivity contribution in [3.8, 4) is 5.75 Å². The van der Waals surface area contributed by atoms with Crippen LogP contribution in [0.25, 0.3) is 0 Å². The maximum absolute atomic E-state index is 13.5. The van der Waals surface area contributed by atoms with Crippen molar-refractivity contribution < 1.29 is 9.13 Å². The highest BCUT2D eigenvalue weighted by atomic mass is 35.5. The van der Waals surface area contributed by atoms with Crippen molar-refractivity contribution in [3.05, 3.63) is 58.4 Å². The van der Waals surface area contributed by atoms with Crippen LogP contribution in [0.3, 0.4) is 0 Å². The number of nitrogen functional groups attached to an aromatic ring is 1. The summed E-state index contributed by atoms with van der Waals surface area (Å²) in [6, 6.07) is 10.8. The lowest BCUT2D eigenvalue weighted by Crippen LogP contribution is -2.15. The van der Waals surface area contributed by atoms with Gasteiger partial charge in [-0.2, -0.15) is 0 Å². The lowest BCUT2D eigenvalue weighted by molar-refractivity contribution is 0.184. The van der Waals surface area contributed by atoms with Crippen molar-refractivity contribution in [2.75, 3.05) is 5.73 Å². The van der Waals surface area contributed by atoms with E-state index in [-0.39, 0.29) is 11.1 Å². The summed E-state index contributed by atoms with van der Waals surface area (Å²) in [7, 11) is 0. The lowest BCUT2D eigenvalue weighted by Gasteiger charge is -2.26. The molecular weight excluding hydrogens is 277 g/mol. The molecule has 0 fully saturated rings. The molecule has 2 nitrogen and oxygen atoms in total. The van der Waals surface area contributed by atoms with E-state index < -0.39 is 5.82 Å². The summed E-state index contributed by atoms with van der Waals surface area (Å²) in [6.07, 6.45) is 2.93. The van der Waals surface area contributed by atoms with E-state index in [2.05, 4.69) is 12.1 Å². The van der Waals surface area contributed by atoms with E-state index in [1.807, 2.05) is 12.1 Å². The Morgan fingerprint density at radius 3 is 2.90 bits per heavy atom. The molecule has 2 aromatic carbocycles. The Bertz CT molecular complexity index is 644. The third-order valence-electron chi connectivity index (χ3n) is 3.64. The van der Waals surface area contributed by atoms with Gasteiger partial charge in [0.25, 0.3) is 0 Å². The van der Waals surface area contributed by atoms with Gasteiger partial charge < -0.3 is 10.5 Å². The van der Waals surface area contributed by atoms with Gasteiger partial charge >= 0.3 is 0 Å². The van der Waals surface area contributed by atoms with Gasteiger partial charge in [-0.05, 0) is 36.5 Å². The van der Waals surface area contributed by atoms with Crippen LogP contribution >= 0.6 is 11.6 Å². The standard InChI is InChI=1S/C16H15ClFNO/c17-12-8-14(19)16(9-13(12)18)20-15-7-3-5-10-4-1-2-6-11(10)15/h1-2,4,6,8-9,15H,3,5,7,19H2. The van der Waals surface area contributed by atoms with Gasteiger partial charge in [-0.1, -0.05) is 35.9 Å². The monoisotopic (exact) mass is 291 g/mol. The number of rotatable bonds is 2. The molecule has 0 bridgehead atoms. The van der Waals surface area contributed by atoms with Gasteiger partial charge in [-0.15, -0.1) is 0 Å². The Morgan fingerprint density at radius 2 is 2.05 bits per heavy atom. The Kier molecular flexibility index (Phi) is 3.53. The smallest absolute Gasteiger partial charge is 0.146 e. The van der Waals surface area contributed by atoms with Crippen molar-refractivity contribution in [1.82, 2.24) is 0 Å². The fourth-order valence-corrected chi connectivity index (χ4v) is 2.80. The number of ether oxygens (including phenoxy) is 1. The molecule has 2 aromatic rings. The quantitative estimate of drug-likeness (QED) is 0.826. The van der Waals surface area contributed by atoms with Crippen LogP contribution in [0.4, 0.5) is 10.1 Å². The number of nitrogens with two attached hydrogens (primary N) is 1. The molecular formula is C16H15ClFNO. The van der Waals surface area contributed by atoms with Crippen molar-refractivity contribution >= 4 is 17.3 Å². The molecule has 20 heavy (non-hydrogen) atoms. The third-order valence-corrected chi connectivity index (χ3v) is 3.93. The Hall–Kier alpha value is -1.74. The molecule has 0 aliphatic heterocycles. The molecule has 0 heterocycles.